The Bertz CT molecular complexity index is 483. The fraction of sp³-hybridized carbons (Fsp3) is 0.333. The Morgan fingerprint density at radius 1 is 1.27 bits per heavy atom. The topological polar surface area (TPSA) is 27.8 Å². The molecule has 3 rings (SSSR count). The monoisotopic (exact) mass is 220 g/mol. The molecule has 2 heterocycles. The number of hydrogen-bond donors (Lipinski definition) is 2. The van der Waals surface area contributed by atoms with Gasteiger partial charge in [-0.2, -0.15) is 0 Å². The van der Waals surface area contributed by atoms with E-state index < -0.39 is 0 Å². The van der Waals surface area contributed by atoms with E-state index in [0.29, 0.717) is 5.92 Å². The summed E-state index contributed by atoms with van der Waals surface area (Å²) in [5, 5.41) is 5.42. The third-order valence-corrected chi connectivity index (χ3v) is 3.34. The van der Waals surface area contributed by atoms with Crippen molar-refractivity contribution in [3.05, 3.63) is 35.0 Å². The molecular weight excluding hydrogens is 208 g/mol. The summed E-state index contributed by atoms with van der Waals surface area (Å²) in [5.41, 5.74) is 2.47. The van der Waals surface area contributed by atoms with Gasteiger partial charge in [0.1, 0.15) is 0 Å². The summed E-state index contributed by atoms with van der Waals surface area (Å²) in [6.07, 6.45) is 1.22. The molecule has 1 atom stereocenters. The van der Waals surface area contributed by atoms with E-state index in [1.54, 1.807) is 0 Å². The van der Waals surface area contributed by atoms with Crippen LogP contribution in [0, 0.1) is 0 Å². The average Bonchev–Trinajstić information content (AvgIpc) is 2.84. The molecule has 0 radical (unpaired) electrons. The summed E-state index contributed by atoms with van der Waals surface area (Å²) in [6, 6.07) is 8.24. The normalized spacial score (nSPS) is 21.3. The van der Waals surface area contributed by atoms with Crippen LogP contribution in [0.5, 0.6) is 0 Å². The van der Waals surface area contributed by atoms with Gasteiger partial charge in [-0.25, -0.2) is 0 Å². The van der Waals surface area contributed by atoms with Crippen LogP contribution in [0.15, 0.2) is 24.3 Å². The maximum atomic E-state index is 5.96. The van der Waals surface area contributed by atoms with Crippen LogP contribution >= 0.6 is 11.6 Å². The fourth-order valence-electron chi connectivity index (χ4n) is 2.26. The van der Waals surface area contributed by atoms with E-state index in [1.165, 1.54) is 17.5 Å². The van der Waals surface area contributed by atoms with Crippen LogP contribution in [0.2, 0.25) is 5.02 Å². The average molecular weight is 221 g/mol. The molecule has 1 saturated heterocycles. The summed E-state index contributed by atoms with van der Waals surface area (Å²) in [4.78, 5) is 3.45. The van der Waals surface area contributed by atoms with Crippen molar-refractivity contribution in [1.82, 2.24) is 10.3 Å². The van der Waals surface area contributed by atoms with Crippen LogP contribution in [0.1, 0.15) is 18.0 Å². The van der Waals surface area contributed by atoms with Crippen molar-refractivity contribution in [2.45, 2.75) is 12.3 Å². The first kappa shape index (κ1) is 9.25. The first-order valence-electron chi connectivity index (χ1n) is 5.32. The summed E-state index contributed by atoms with van der Waals surface area (Å²) < 4.78 is 0. The standard InChI is InChI=1S/C12H13ClN2/c13-10-2-1-8-5-11(15-12(8)6-10)9-3-4-14-7-9/h1-2,5-6,9,14-15H,3-4,7H2/t9-/m0/s1. The van der Waals surface area contributed by atoms with Crippen molar-refractivity contribution < 1.29 is 0 Å². The molecule has 3 heteroatoms. The number of benzene rings is 1. The third-order valence-electron chi connectivity index (χ3n) is 3.11. The molecule has 0 saturated carbocycles. The molecule has 0 aliphatic carbocycles. The molecule has 0 spiro atoms. The van der Waals surface area contributed by atoms with Crippen LogP contribution in [0.25, 0.3) is 10.9 Å². The Morgan fingerprint density at radius 2 is 2.20 bits per heavy atom. The third kappa shape index (κ3) is 1.64. The number of aromatic amines is 1. The second-order valence-electron chi connectivity index (χ2n) is 4.15. The van der Waals surface area contributed by atoms with Crippen molar-refractivity contribution in [3.63, 3.8) is 0 Å². The summed E-state index contributed by atoms with van der Waals surface area (Å²) >= 11 is 5.96. The molecule has 0 bridgehead atoms. The zero-order valence-electron chi connectivity index (χ0n) is 8.39. The lowest BCUT2D eigenvalue weighted by molar-refractivity contribution is 0.743. The van der Waals surface area contributed by atoms with Gasteiger partial charge < -0.3 is 10.3 Å². The van der Waals surface area contributed by atoms with Gasteiger partial charge in [-0.1, -0.05) is 17.7 Å². The molecule has 1 aromatic carbocycles. The Morgan fingerprint density at radius 3 is 3.00 bits per heavy atom. The molecule has 1 aromatic heterocycles. The van der Waals surface area contributed by atoms with E-state index in [1.807, 2.05) is 12.1 Å². The number of halogens is 1. The number of hydrogen-bond acceptors (Lipinski definition) is 1. The number of nitrogens with one attached hydrogen (secondary N) is 2. The van der Waals surface area contributed by atoms with E-state index in [2.05, 4.69) is 22.4 Å². The van der Waals surface area contributed by atoms with Gasteiger partial charge in [-0.3, -0.25) is 0 Å². The lowest BCUT2D eigenvalue weighted by atomic mass is 10.1. The van der Waals surface area contributed by atoms with Gasteiger partial charge in [0.05, 0.1) is 0 Å². The highest BCUT2D eigenvalue weighted by molar-refractivity contribution is 6.31. The van der Waals surface area contributed by atoms with Crippen LogP contribution < -0.4 is 5.32 Å². The van der Waals surface area contributed by atoms with E-state index in [0.717, 1.165) is 23.6 Å². The molecule has 15 heavy (non-hydrogen) atoms. The van der Waals surface area contributed by atoms with E-state index in [9.17, 15) is 0 Å². The largest absolute Gasteiger partial charge is 0.358 e. The van der Waals surface area contributed by atoms with Crippen LogP contribution in [0.3, 0.4) is 0 Å². The Hall–Kier alpha value is -0.990. The highest BCUT2D eigenvalue weighted by atomic mass is 35.5. The highest BCUT2D eigenvalue weighted by Crippen LogP contribution is 2.26. The predicted octanol–water partition coefficient (Wildman–Crippen LogP) is 2.90. The Balaban J connectivity index is 2.05. The van der Waals surface area contributed by atoms with Gasteiger partial charge in [-0.05, 0) is 36.6 Å². The minimum Gasteiger partial charge on any atom is -0.358 e. The quantitative estimate of drug-likeness (QED) is 0.760. The zero-order chi connectivity index (χ0) is 10.3. The zero-order valence-corrected chi connectivity index (χ0v) is 9.14. The Kier molecular flexibility index (Phi) is 2.19. The number of fused-ring (bicyclic) bond motifs is 1. The smallest absolute Gasteiger partial charge is 0.0471 e. The molecule has 1 aliphatic rings. The van der Waals surface area contributed by atoms with Crippen LogP contribution in [-0.2, 0) is 0 Å². The number of H-pyrrole nitrogens is 1. The van der Waals surface area contributed by atoms with E-state index in [4.69, 9.17) is 11.6 Å². The van der Waals surface area contributed by atoms with Crippen molar-refractivity contribution in [2.75, 3.05) is 13.1 Å². The van der Waals surface area contributed by atoms with Crippen molar-refractivity contribution >= 4 is 22.5 Å². The maximum absolute atomic E-state index is 5.96. The summed E-state index contributed by atoms with van der Waals surface area (Å²) in [5.74, 6) is 0.635. The van der Waals surface area contributed by atoms with Gasteiger partial charge in [0.15, 0.2) is 0 Å². The second kappa shape index (κ2) is 3.54. The van der Waals surface area contributed by atoms with Gasteiger partial charge in [0.2, 0.25) is 0 Å². The lowest BCUT2D eigenvalue weighted by Gasteiger charge is -2.03. The molecule has 78 valence electrons. The maximum Gasteiger partial charge on any atom is 0.0471 e. The van der Waals surface area contributed by atoms with Gasteiger partial charge >= 0.3 is 0 Å². The second-order valence-corrected chi connectivity index (χ2v) is 4.58. The van der Waals surface area contributed by atoms with E-state index >= 15 is 0 Å². The van der Waals surface area contributed by atoms with Crippen molar-refractivity contribution in [2.24, 2.45) is 0 Å². The predicted molar refractivity (Wildman–Crippen MR) is 63.5 cm³/mol. The minimum atomic E-state index is 0.635. The fourth-order valence-corrected chi connectivity index (χ4v) is 2.43. The molecule has 1 fully saturated rings. The summed E-state index contributed by atoms with van der Waals surface area (Å²) in [7, 11) is 0. The molecule has 2 aromatic rings. The van der Waals surface area contributed by atoms with Crippen molar-refractivity contribution in [1.29, 1.82) is 0 Å². The summed E-state index contributed by atoms with van der Waals surface area (Å²) in [6.45, 7) is 2.21. The van der Waals surface area contributed by atoms with Gasteiger partial charge in [-0.15, -0.1) is 0 Å². The van der Waals surface area contributed by atoms with Gasteiger partial charge in [0, 0.05) is 28.7 Å². The molecule has 0 unspecified atom stereocenters. The molecule has 2 nitrogen and oxygen atoms in total. The SMILES string of the molecule is Clc1ccc2cc([C@H]3CCNC3)[nH]c2c1. The first-order valence-corrected chi connectivity index (χ1v) is 5.69. The Labute approximate surface area is 93.6 Å². The van der Waals surface area contributed by atoms with Crippen LogP contribution in [0.4, 0.5) is 0 Å². The number of aromatic nitrogens is 1. The lowest BCUT2D eigenvalue weighted by Crippen LogP contribution is -2.07. The first-order chi connectivity index (χ1) is 7.33. The molecule has 1 aliphatic heterocycles. The van der Waals surface area contributed by atoms with E-state index in [-0.39, 0.29) is 0 Å². The molecular formula is C12H13ClN2. The highest BCUT2D eigenvalue weighted by Gasteiger charge is 2.18. The van der Waals surface area contributed by atoms with Crippen molar-refractivity contribution in [3.8, 4) is 0 Å². The van der Waals surface area contributed by atoms with Gasteiger partial charge in [0.25, 0.3) is 0 Å². The number of rotatable bonds is 1. The minimum absolute atomic E-state index is 0.635. The van der Waals surface area contributed by atoms with Crippen LogP contribution in [-0.4, -0.2) is 18.1 Å². The molecule has 0 amide bonds. The molecule has 2 N–H and O–H groups in total.